The number of para-hydroxylation sites is 1. The van der Waals surface area contributed by atoms with Gasteiger partial charge in [-0.3, -0.25) is 10.5 Å². The van der Waals surface area contributed by atoms with Gasteiger partial charge in [0, 0.05) is 23.9 Å². The van der Waals surface area contributed by atoms with E-state index in [2.05, 4.69) is 17.4 Å². The molecule has 0 radical (unpaired) electrons. The van der Waals surface area contributed by atoms with E-state index in [1.807, 2.05) is 41.3 Å². The summed E-state index contributed by atoms with van der Waals surface area (Å²) in [4.78, 5) is 0. The fraction of sp³-hybridized carbons (Fsp3) is 0.357. The van der Waals surface area contributed by atoms with Crippen molar-refractivity contribution >= 4 is 0 Å². The molecule has 0 saturated heterocycles. The molecule has 1 heterocycles. The molecular formula is C14H20N4O. The van der Waals surface area contributed by atoms with Gasteiger partial charge < -0.3 is 4.74 Å². The Balaban J connectivity index is 2.32. The average Bonchev–Trinajstić information content (AvgIpc) is 2.89. The monoisotopic (exact) mass is 260 g/mol. The molecule has 5 nitrogen and oxygen atoms in total. The van der Waals surface area contributed by atoms with Gasteiger partial charge in [0.1, 0.15) is 5.75 Å². The van der Waals surface area contributed by atoms with Crippen LogP contribution in [0.15, 0.2) is 36.7 Å². The summed E-state index contributed by atoms with van der Waals surface area (Å²) in [7, 11) is 1.66. The first kappa shape index (κ1) is 13.6. The third kappa shape index (κ3) is 2.94. The second kappa shape index (κ2) is 6.36. The quantitative estimate of drug-likeness (QED) is 0.614. The van der Waals surface area contributed by atoms with Gasteiger partial charge in [0.2, 0.25) is 0 Å². The minimum atomic E-state index is -0.123. The van der Waals surface area contributed by atoms with Crippen LogP contribution in [0, 0.1) is 0 Å². The Labute approximate surface area is 113 Å². The Morgan fingerprint density at radius 2 is 2.21 bits per heavy atom. The van der Waals surface area contributed by atoms with Crippen LogP contribution < -0.4 is 16.0 Å². The van der Waals surface area contributed by atoms with E-state index in [9.17, 15) is 0 Å². The summed E-state index contributed by atoms with van der Waals surface area (Å²) in [6.07, 6.45) is 4.91. The predicted octanol–water partition coefficient (Wildman–Crippen LogP) is 1.85. The fourth-order valence-electron chi connectivity index (χ4n) is 2.15. The van der Waals surface area contributed by atoms with E-state index in [4.69, 9.17) is 10.6 Å². The van der Waals surface area contributed by atoms with Crippen molar-refractivity contribution < 1.29 is 4.74 Å². The van der Waals surface area contributed by atoms with Crippen molar-refractivity contribution in [1.29, 1.82) is 0 Å². The Bertz CT molecular complexity index is 524. The molecule has 0 aliphatic carbocycles. The smallest absolute Gasteiger partial charge is 0.124 e. The SMILES string of the molecule is CCCn1cc(C(NN)c2ccccc2OC)cn1. The zero-order valence-electron chi connectivity index (χ0n) is 11.3. The number of hydrogen-bond acceptors (Lipinski definition) is 4. The molecule has 0 fully saturated rings. The van der Waals surface area contributed by atoms with E-state index in [1.165, 1.54) is 0 Å². The van der Waals surface area contributed by atoms with Crippen molar-refractivity contribution in [2.24, 2.45) is 5.84 Å². The maximum atomic E-state index is 5.70. The molecule has 19 heavy (non-hydrogen) atoms. The van der Waals surface area contributed by atoms with Crippen LogP contribution in [0.2, 0.25) is 0 Å². The number of benzene rings is 1. The van der Waals surface area contributed by atoms with Gasteiger partial charge in [-0.25, -0.2) is 5.43 Å². The first-order valence-corrected chi connectivity index (χ1v) is 6.41. The molecule has 102 valence electrons. The van der Waals surface area contributed by atoms with Gasteiger partial charge in [0.15, 0.2) is 0 Å². The molecule has 3 N–H and O–H groups in total. The second-order valence-electron chi connectivity index (χ2n) is 4.38. The molecule has 1 atom stereocenters. The van der Waals surface area contributed by atoms with Crippen LogP contribution in [-0.4, -0.2) is 16.9 Å². The number of nitrogens with one attached hydrogen (secondary N) is 1. The van der Waals surface area contributed by atoms with Crippen LogP contribution in [0.4, 0.5) is 0 Å². The average molecular weight is 260 g/mol. The lowest BCUT2D eigenvalue weighted by molar-refractivity contribution is 0.404. The highest BCUT2D eigenvalue weighted by Crippen LogP contribution is 2.28. The lowest BCUT2D eigenvalue weighted by Gasteiger charge is -2.17. The van der Waals surface area contributed by atoms with Crippen molar-refractivity contribution in [1.82, 2.24) is 15.2 Å². The van der Waals surface area contributed by atoms with Crippen LogP contribution in [0.5, 0.6) is 5.75 Å². The van der Waals surface area contributed by atoms with Gasteiger partial charge >= 0.3 is 0 Å². The molecule has 0 bridgehead atoms. The van der Waals surface area contributed by atoms with Crippen LogP contribution in [0.3, 0.4) is 0 Å². The molecule has 2 aromatic rings. The summed E-state index contributed by atoms with van der Waals surface area (Å²) < 4.78 is 7.31. The third-order valence-corrected chi connectivity index (χ3v) is 3.06. The maximum absolute atomic E-state index is 5.70. The normalized spacial score (nSPS) is 12.4. The highest BCUT2D eigenvalue weighted by molar-refractivity contribution is 5.40. The predicted molar refractivity (Wildman–Crippen MR) is 74.7 cm³/mol. The van der Waals surface area contributed by atoms with E-state index in [-0.39, 0.29) is 6.04 Å². The number of nitrogens with two attached hydrogens (primary N) is 1. The molecule has 0 spiro atoms. The van der Waals surface area contributed by atoms with Crippen molar-refractivity contribution in [3.05, 3.63) is 47.8 Å². The standard InChI is InChI=1S/C14H20N4O/c1-3-8-18-10-11(9-16-18)14(17-15)12-6-4-5-7-13(12)19-2/h4-7,9-10,14,17H,3,8,15H2,1-2H3. The fourth-order valence-corrected chi connectivity index (χ4v) is 2.15. The largest absolute Gasteiger partial charge is 0.496 e. The lowest BCUT2D eigenvalue weighted by atomic mass is 10.0. The van der Waals surface area contributed by atoms with E-state index < -0.39 is 0 Å². The van der Waals surface area contributed by atoms with Crippen molar-refractivity contribution in [2.75, 3.05) is 7.11 Å². The minimum absolute atomic E-state index is 0.123. The number of hydrogen-bond donors (Lipinski definition) is 2. The Morgan fingerprint density at radius 3 is 2.89 bits per heavy atom. The van der Waals surface area contributed by atoms with Gasteiger partial charge in [-0.05, 0) is 12.5 Å². The first-order chi connectivity index (χ1) is 9.30. The molecule has 1 aromatic heterocycles. The number of nitrogens with zero attached hydrogens (tertiary/aromatic N) is 2. The number of ether oxygens (including phenoxy) is 1. The number of aryl methyl sites for hydroxylation is 1. The van der Waals surface area contributed by atoms with Crippen molar-refractivity contribution in [3.8, 4) is 5.75 Å². The molecule has 0 saturated carbocycles. The summed E-state index contributed by atoms with van der Waals surface area (Å²) in [5.74, 6) is 6.51. The zero-order chi connectivity index (χ0) is 13.7. The summed E-state index contributed by atoms with van der Waals surface area (Å²) >= 11 is 0. The molecule has 2 rings (SSSR count). The van der Waals surface area contributed by atoms with Crippen molar-refractivity contribution in [3.63, 3.8) is 0 Å². The van der Waals surface area contributed by atoms with Crippen LogP contribution in [-0.2, 0) is 6.54 Å². The number of hydrazine groups is 1. The Kier molecular flexibility index (Phi) is 4.54. The number of methoxy groups -OCH3 is 1. The summed E-state index contributed by atoms with van der Waals surface area (Å²) in [5.41, 5.74) is 4.86. The van der Waals surface area contributed by atoms with Crippen LogP contribution in [0.1, 0.15) is 30.5 Å². The summed E-state index contributed by atoms with van der Waals surface area (Å²) in [6.45, 7) is 3.03. The number of aromatic nitrogens is 2. The maximum Gasteiger partial charge on any atom is 0.124 e. The highest BCUT2D eigenvalue weighted by Gasteiger charge is 2.18. The molecule has 0 aliphatic rings. The van der Waals surface area contributed by atoms with E-state index in [1.54, 1.807) is 7.11 Å². The summed E-state index contributed by atoms with van der Waals surface area (Å²) in [6, 6.07) is 7.72. The molecular weight excluding hydrogens is 240 g/mol. The van der Waals surface area contributed by atoms with Gasteiger partial charge in [0.25, 0.3) is 0 Å². The van der Waals surface area contributed by atoms with Gasteiger partial charge in [0.05, 0.1) is 19.3 Å². The van der Waals surface area contributed by atoms with Crippen LogP contribution >= 0.6 is 0 Å². The topological polar surface area (TPSA) is 65.1 Å². The van der Waals surface area contributed by atoms with Gasteiger partial charge in [-0.2, -0.15) is 5.10 Å². The molecule has 5 heteroatoms. The van der Waals surface area contributed by atoms with E-state index >= 15 is 0 Å². The van der Waals surface area contributed by atoms with Gasteiger partial charge in [-0.15, -0.1) is 0 Å². The molecule has 1 aromatic carbocycles. The molecule has 0 aliphatic heterocycles. The molecule has 1 unspecified atom stereocenters. The lowest BCUT2D eigenvalue weighted by Crippen LogP contribution is -2.28. The second-order valence-corrected chi connectivity index (χ2v) is 4.38. The molecule has 0 amide bonds. The van der Waals surface area contributed by atoms with Crippen LogP contribution in [0.25, 0.3) is 0 Å². The van der Waals surface area contributed by atoms with Crippen molar-refractivity contribution in [2.45, 2.75) is 25.9 Å². The zero-order valence-corrected chi connectivity index (χ0v) is 11.3. The van der Waals surface area contributed by atoms with E-state index in [0.717, 1.165) is 29.8 Å². The minimum Gasteiger partial charge on any atom is -0.496 e. The Morgan fingerprint density at radius 1 is 1.42 bits per heavy atom. The third-order valence-electron chi connectivity index (χ3n) is 3.06. The first-order valence-electron chi connectivity index (χ1n) is 6.41. The Hall–Kier alpha value is -1.85. The number of rotatable bonds is 6. The highest BCUT2D eigenvalue weighted by atomic mass is 16.5. The van der Waals surface area contributed by atoms with E-state index in [0.29, 0.717) is 0 Å². The summed E-state index contributed by atoms with van der Waals surface area (Å²) in [5, 5.41) is 4.34. The van der Waals surface area contributed by atoms with Gasteiger partial charge in [-0.1, -0.05) is 25.1 Å².